The molecule has 2 aliphatic rings. The van der Waals surface area contributed by atoms with Crippen LogP contribution in [0.3, 0.4) is 0 Å². The lowest BCUT2D eigenvalue weighted by Crippen LogP contribution is -2.47. The highest BCUT2D eigenvalue weighted by molar-refractivity contribution is 7.10. The maximum Gasteiger partial charge on any atom is 0.167 e. The molecule has 1 saturated heterocycles. The molecule has 7 heteroatoms. The van der Waals surface area contributed by atoms with Crippen molar-refractivity contribution >= 4 is 35.3 Å². The van der Waals surface area contributed by atoms with E-state index in [0.717, 1.165) is 70.5 Å². The Kier molecular flexibility index (Phi) is 8.78. The van der Waals surface area contributed by atoms with Crippen molar-refractivity contribution in [1.82, 2.24) is 9.80 Å². The average Bonchev–Trinajstić information content (AvgIpc) is 3.24. The molecule has 0 N–H and O–H groups in total. The Morgan fingerprint density at radius 1 is 1.03 bits per heavy atom. The van der Waals surface area contributed by atoms with Crippen LogP contribution in [0.15, 0.2) is 35.7 Å². The highest BCUT2D eigenvalue weighted by Gasteiger charge is 2.28. The van der Waals surface area contributed by atoms with Gasteiger partial charge in [0.1, 0.15) is 5.82 Å². The number of carbonyl (C=O) groups excluding carboxylic acids is 2. The van der Waals surface area contributed by atoms with Crippen LogP contribution in [-0.2, 0) is 6.42 Å². The van der Waals surface area contributed by atoms with Gasteiger partial charge in [0.05, 0.1) is 0 Å². The standard InChI is InChI=1S/C24H29FN2O2S.ClH/c25-20-6-3-18(4-7-20)22(28)2-1-11-26-13-15-27(16-14-26)12-9-19-5-8-23-21(24(19)29)10-17-30-23;/h3-4,6-7,10,17,19H,1-2,5,8-9,11-16H2;1H. The molecule has 1 aromatic heterocycles. The minimum Gasteiger partial charge on any atom is -0.301 e. The second-order valence-corrected chi connectivity index (χ2v) is 9.36. The summed E-state index contributed by atoms with van der Waals surface area (Å²) in [5.74, 6) is 0.303. The number of carbonyl (C=O) groups is 2. The van der Waals surface area contributed by atoms with E-state index >= 15 is 0 Å². The molecule has 0 saturated carbocycles. The van der Waals surface area contributed by atoms with Crippen molar-refractivity contribution in [2.75, 3.05) is 39.3 Å². The molecular weight excluding hydrogens is 435 g/mol. The largest absolute Gasteiger partial charge is 0.301 e. The van der Waals surface area contributed by atoms with Gasteiger partial charge in [-0.15, -0.1) is 23.7 Å². The number of halogens is 2. The molecule has 1 atom stereocenters. The third-order valence-electron chi connectivity index (χ3n) is 6.40. The Morgan fingerprint density at radius 2 is 1.71 bits per heavy atom. The van der Waals surface area contributed by atoms with Gasteiger partial charge in [-0.05, 0) is 74.5 Å². The normalized spacial score (nSPS) is 19.6. The molecule has 1 unspecified atom stereocenters. The van der Waals surface area contributed by atoms with E-state index in [4.69, 9.17) is 0 Å². The summed E-state index contributed by atoms with van der Waals surface area (Å²) in [6.45, 7) is 5.98. The number of Topliss-reactive ketones (excluding diaryl/α,β-unsaturated/α-hetero) is 2. The number of hydrogen-bond donors (Lipinski definition) is 0. The minimum atomic E-state index is -0.312. The third-order valence-corrected chi connectivity index (χ3v) is 7.39. The van der Waals surface area contributed by atoms with E-state index in [1.165, 1.54) is 17.0 Å². The first kappa shape index (κ1) is 24.1. The molecular formula is C24H30ClFN2O2S. The van der Waals surface area contributed by atoms with Gasteiger partial charge in [0.2, 0.25) is 0 Å². The van der Waals surface area contributed by atoms with Crippen molar-refractivity contribution in [3.8, 4) is 0 Å². The fraction of sp³-hybridized carbons (Fsp3) is 0.500. The van der Waals surface area contributed by atoms with Crippen molar-refractivity contribution < 1.29 is 14.0 Å². The predicted molar refractivity (Wildman–Crippen MR) is 125 cm³/mol. The van der Waals surface area contributed by atoms with Gasteiger partial charge in [-0.2, -0.15) is 0 Å². The molecule has 0 spiro atoms. The number of aryl methyl sites for hydroxylation is 1. The topological polar surface area (TPSA) is 40.6 Å². The van der Waals surface area contributed by atoms with E-state index < -0.39 is 0 Å². The van der Waals surface area contributed by atoms with E-state index in [1.54, 1.807) is 23.5 Å². The fourth-order valence-corrected chi connectivity index (χ4v) is 5.40. The van der Waals surface area contributed by atoms with Crippen LogP contribution >= 0.6 is 23.7 Å². The van der Waals surface area contributed by atoms with Crippen molar-refractivity contribution in [3.63, 3.8) is 0 Å². The van der Waals surface area contributed by atoms with E-state index in [-0.39, 0.29) is 29.9 Å². The fourth-order valence-electron chi connectivity index (χ4n) is 4.50. The molecule has 2 aromatic rings. The van der Waals surface area contributed by atoms with Crippen molar-refractivity contribution in [1.29, 1.82) is 0 Å². The number of benzene rings is 1. The molecule has 4 nitrogen and oxygen atoms in total. The van der Waals surface area contributed by atoms with Gasteiger partial charge in [-0.25, -0.2) is 4.39 Å². The van der Waals surface area contributed by atoms with E-state index in [1.807, 2.05) is 11.4 Å². The van der Waals surface area contributed by atoms with Gasteiger partial charge in [0, 0.05) is 54.5 Å². The molecule has 168 valence electrons. The maximum atomic E-state index is 13.0. The van der Waals surface area contributed by atoms with Gasteiger partial charge in [-0.3, -0.25) is 9.59 Å². The first-order valence-corrected chi connectivity index (χ1v) is 11.8. The van der Waals surface area contributed by atoms with E-state index in [2.05, 4.69) is 9.80 Å². The molecule has 1 aliphatic carbocycles. The summed E-state index contributed by atoms with van der Waals surface area (Å²) in [6, 6.07) is 7.80. The summed E-state index contributed by atoms with van der Waals surface area (Å²) in [4.78, 5) is 31.0. The van der Waals surface area contributed by atoms with E-state index in [0.29, 0.717) is 17.8 Å². The number of rotatable bonds is 8. The Balaban J connectivity index is 0.00000272. The van der Waals surface area contributed by atoms with Gasteiger partial charge in [0.25, 0.3) is 0 Å². The smallest absolute Gasteiger partial charge is 0.167 e. The molecule has 0 bridgehead atoms. The monoisotopic (exact) mass is 464 g/mol. The maximum absolute atomic E-state index is 13.0. The zero-order chi connectivity index (χ0) is 20.9. The Morgan fingerprint density at radius 3 is 2.42 bits per heavy atom. The first-order valence-electron chi connectivity index (χ1n) is 10.9. The highest BCUT2D eigenvalue weighted by Crippen LogP contribution is 2.31. The summed E-state index contributed by atoms with van der Waals surface area (Å²) in [5, 5.41) is 2.04. The number of fused-ring (bicyclic) bond motifs is 1. The zero-order valence-electron chi connectivity index (χ0n) is 17.7. The predicted octanol–water partition coefficient (Wildman–Crippen LogP) is 4.72. The molecule has 2 heterocycles. The summed E-state index contributed by atoms with van der Waals surface area (Å²) < 4.78 is 13.0. The molecule has 0 radical (unpaired) electrons. The zero-order valence-corrected chi connectivity index (χ0v) is 19.4. The lowest BCUT2D eigenvalue weighted by atomic mass is 9.85. The number of hydrogen-bond acceptors (Lipinski definition) is 5. The van der Waals surface area contributed by atoms with Crippen molar-refractivity contribution in [2.45, 2.75) is 32.1 Å². The SMILES string of the molecule is Cl.O=C(CCCN1CCN(CCC2CCc3sccc3C2=O)CC1)c1ccc(F)cc1. The lowest BCUT2D eigenvalue weighted by Gasteiger charge is -2.35. The second-order valence-electron chi connectivity index (χ2n) is 8.36. The van der Waals surface area contributed by atoms with E-state index in [9.17, 15) is 14.0 Å². The van der Waals surface area contributed by atoms with Crippen LogP contribution in [0.2, 0.25) is 0 Å². The van der Waals surface area contributed by atoms with Crippen LogP contribution in [0, 0.1) is 11.7 Å². The molecule has 4 rings (SSSR count). The van der Waals surface area contributed by atoms with Gasteiger partial charge < -0.3 is 9.80 Å². The Hall–Kier alpha value is -1.60. The van der Waals surface area contributed by atoms with Gasteiger partial charge in [0.15, 0.2) is 11.6 Å². The Labute approximate surface area is 193 Å². The quantitative estimate of drug-likeness (QED) is 0.530. The minimum absolute atomic E-state index is 0. The summed E-state index contributed by atoms with van der Waals surface area (Å²) in [6.07, 6.45) is 4.33. The summed E-state index contributed by atoms with van der Waals surface area (Å²) in [5.41, 5.74) is 1.56. The van der Waals surface area contributed by atoms with Crippen LogP contribution in [0.25, 0.3) is 0 Å². The van der Waals surface area contributed by atoms with Crippen LogP contribution in [-0.4, -0.2) is 60.6 Å². The number of thiophene rings is 1. The number of ketones is 2. The molecule has 31 heavy (non-hydrogen) atoms. The number of nitrogens with zero attached hydrogens (tertiary/aromatic N) is 2. The van der Waals surface area contributed by atoms with Crippen molar-refractivity contribution in [2.24, 2.45) is 5.92 Å². The van der Waals surface area contributed by atoms with Crippen LogP contribution < -0.4 is 0 Å². The lowest BCUT2D eigenvalue weighted by molar-refractivity contribution is 0.0855. The Bertz CT molecular complexity index is 878. The van der Waals surface area contributed by atoms with Crippen LogP contribution in [0.1, 0.15) is 51.3 Å². The summed E-state index contributed by atoms with van der Waals surface area (Å²) >= 11 is 1.71. The van der Waals surface area contributed by atoms with Crippen LogP contribution in [0.5, 0.6) is 0 Å². The highest BCUT2D eigenvalue weighted by atomic mass is 35.5. The molecule has 1 aliphatic heterocycles. The second kappa shape index (κ2) is 11.3. The van der Waals surface area contributed by atoms with Gasteiger partial charge >= 0.3 is 0 Å². The molecule has 1 aromatic carbocycles. The average molecular weight is 465 g/mol. The number of piperazine rings is 1. The van der Waals surface area contributed by atoms with Gasteiger partial charge in [-0.1, -0.05) is 0 Å². The molecule has 1 fully saturated rings. The molecule has 0 amide bonds. The van der Waals surface area contributed by atoms with Crippen molar-refractivity contribution in [3.05, 3.63) is 57.5 Å². The third kappa shape index (κ3) is 6.22. The summed E-state index contributed by atoms with van der Waals surface area (Å²) in [7, 11) is 0. The first-order chi connectivity index (χ1) is 14.6. The van der Waals surface area contributed by atoms with Crippen LogP contribution in [0.4, 0.5) is 4.39 Å².